The molecule has 1 heterocycles. The molecule has 0 radical (unpaired) electrons. The molecule has 2 aromatic rings. The van der Waals surface area contributed by atoms with Crippen LogP contribution in [0.5, 0.6) is 0 Å². The predicted octanol–water partition coefficient (Wildman–Crippen LogP) is 2.91. The maximum atomic E-state index is 12.9. The summed E-state index contributed by atoms with van der Waals surface area (Å²) in [6.45, 7) is 2.21. The lowest BCUT2D eigenvalue weighted by atomic mass is 10.1. The average molecular weight is 391 g/mol. The van der Waals surface area contributed by atoms with Crippen molar-refractivity contribution in [1.29, 1.82) is 0 Å². The number of nitrogens with zero attached hydrogens (tertiary/aromatic N) is 2. The monoisotopic (exact) mass is 390 g/mol. The number of piperazine rings is 1. The molecule has 0 atom stereocenters. The maximum Gasteiger partial charge on any atom is 0.310 e. The van der Waals surface area contributed by atoms with E-state index < -0.39 is 5.97 Å². The molecule has 3 rings (SSSR count). The van der Waals surface area contributed by atoms with E-state index in [9.17, 15) is 14.0 Å². The van der Waals surface area contributed by atoms with Crippen molar-refractivity contribution in [3.8, 4) is 0 Å². The molecule has 142 valence electrons. The number of rotatable bonds is 5. The number of amides is 1. The van der Waals surface area contributed by atoms with Crippen molar-refractivity contribution < 1.29 is 18.7 Å². The fraction of sp³-hybridized carbons (Fsp3) is 0.300. The van der Waals surface area contributed by atoms with Gasteiger partial charge in [-0.05, 0) is 35.9 Å². The van der Waals surface area contributed by atoms with Gasteiger partial charge in [-0.2, -0.15) is 0 Å². The van der Waals surface area contributed by atoms with E-state index in [1.165, 1.54) is 24.3 Å². The zero-order valence-corrected chi connectivity index (χ0v) is 15.5. The topological polar surface area (TPSA) is 49.9 Å². The highest BCUT2D eigenvalue weighted by molar-refractivity contribution is 6.30. The van der Waals surface area contributed by atoms with Gasteiger partial charge in [0, 0.05) is 36.9 Å². The number of anilines is 1. The number of hydrogen-bond acceptors (Lipinski definition) is 4. The third kappa shape index (κ3) is 5.44. The summed E-state index contributed by atoms with van der Waals surface area (Å²) in [5.74, 6) is -1.08. The average Bonchev–Trinajstić information content (AvgIpc) is 2.68. The number of ether oxygens (including phenoxy) is 1. The molecule has 27 heavy (non-hydrogen) atoms. The van der Waals surface area contributed by atoms with Gasteiger partial charge in [0.1, 0.15) is 5.82 Å². The van der Waals surface area contributed by atoms with Gasteiger partial charge in [-0.15, -0.1) is 0 Å². The highest BCUT2D eigenvalue weighted by Gasteiger charge is 2.22. The van der Waals surface area contributed by atoms with Gasteiger partial charge in [0.2, 0.25) is 0 Å². The highest BCUT2D eigenvalue weighted by atomic mass is 35.5. The summed E-state index contributed by atoms with van der Waals surface area (Å²) in [7, 11) is 0. The van der Waals surface area contributed by atoms with Crippen LogP contribution < -0.4 is 4.90 Å². The summed E-state index contributed by atoms with van der Waals surface area (Å²) >= 11 is 6.02. The first kappa shape index (κ1) is 19.2. The van der Waals surface area contributed by atoms with Gasteiger partial charge in [0.15, 0.2) is 6.61 Å². The van der Waals surface area contributed by atoms with Gasteiger partial charge in [-0.1, -0.05) is 29.8 Å². The molecule has 1 aliphatic heterocycles. The van der Waals surface area contributed by atoms with Crippen LogP contribution >= 0.6 is 11.6 Å². The van der Waals surface area contributed by atoms with Crippen molar-refractivity contribution >= 4 is 29.2 Å². The smallest absolute Gasteiger partial charge is 0.310 e. The zero-order valence-electron chi connectivity index (χ0n) is 14.7. The van der Waals surface area contributed by atoms with E-state index >= 15 is 0 Å². The molecule has 2 aromatic carbocycles. The van der Waals surface area contributed by atoms with E-state index in [4.69, 9.17) is 16.3 Å². The first-order valence-corrected chi connectivity index (χ1v) is 9.07. The molecule has 0 N–H and O–H groups in total. The van der Waals surface area contributed by atoms with Gasteiger partial charge < -0.3 is 14.5 Å². The SMILES string of the molecule is O=C(Cc1ccc(F)cc1)OCC(=O)N1CCN(c2cccc(Cl)c2)CC1. The molecule has 0 aliphatic carbocycles. The largest absolute Gasteiger partial charge is 0.455 e. The van der Waals surface area contributed by atoms with Crippen molar-refractivity contribution in [1.82, 2.24) is 4.90 Å². The standard InChI is InChI=1S/C20H20ClFN2O3/c21-16-2-1-3-18(13-16)23-8-10-24(11-9-23)19(25)14-27-20(26)12-15-4-6-17(22)7-5-15/h1-7,13H,8-12,14H2. The number of halogens is 2. The Morgan fingerprint density at radius 2 is 1.74 bits per heavy atom. The lowest BCUT2D eigenvalue weighted by Crippen LogP contribution is -2.50. The van der Waals surface area contributed by atoms with Crippen molar-refractivity contribution in [2.75, 3.05) is 37.7 Å². The normalized spacial score (nSPS) is 14.1. The molecular weight excluding hydrogens is 371 g/mol. The Balaban J connectivity index is 1.42. The first-order chi connectivity index (χ1) is 13.0. The number of carbonyl (C=O) groups is 2. The van der Waals surface area contributed by atoms with Gasteiger partial charge in [0.25, 0.3) is 5.91 Å². The minimum Gasteiger partial charge on any atom is -0.455 e. The number of carbonyl (C=O) groups excluding carboxylic acids is 2. The molecule has 7 heteroatoms. The zero-order chi connectivity index (χ0) is 19.2. The minimum atomic E-state index is -0.507. The molecule has 0 saturated carbocycles. The number of esters is 1. The summed E-state index contributed by atoms with van der Waals surface area (Å²) in [5, 5.41) is 0.680. The van der Waals surface area contributed by atoms with Crippen LogP contribution in [-0.4, -0.2) is 49.6 Å². The van der Waals surface area contributed by atoms with Gasteiger partial charge in [0.05, 0.1) is 6.42 Å². The van der Waals surface area contributed by atoms with Crippen LogP contribution in [0.3, 0.4) is 0 Å². The highest BCUT2D eigenvalue weighted by Crippen LogP contribution is 2.20. The summed E-state index contributed by atoms with van der Waals surface area (Å²) in [4.78, 5) is 28.0. The molecule has 1 aliphatic rings. The summed E-state index contributed by atoms with van der Waals surface area (Å²) in [6.07, 6.45) is 0.0100. The summed E-state index contributed by atoms with van der Waals surface area (Å²) in [5.41, 5.74) is 1.67. The van der Waals surface area contributed by atoms with Crippen molar-refractivity contribution in [2.45, 2.75) is 6.42 Å². The summed E-state index contributed by atoms with van der Waals surface area (Å²) in [6, 6.07) is 13.2. The van der Waals surface area contributed by atoms with Crippen LogP contribution in [0.4, 0.5) is 10.1 Å². The number of benzene rings is 2. The molecule has 1 fully saturated rings. The Labute approximate surface area is 162 Å². The molecule has 1 saturated heterocycles. The van der Waals surface area contributed by atoms with Crippen LogP contribution in [0, 0.1) is 5.82 Å². The third-order valence-electron chi connectivity index (χ3n) is 4.42. The van der Waals surface area contributed by atoms with E-state index in [1.54, 1.807) is 4.90 Å². The predicted molar refractivity (Wildman–Crippen MR) is 101 cm³/mol. The molecular formula is C20H20ClFN2O3. The fourth-order valence-corrected chi connectivity index (χ4v) is 3.12. The Bertz CT molecular complexity index is 805. The van der Waals surface area contributed by atoms with Crippen molar-refractivity contribution in [3.05, 3.63) is 64.9 Å². The van der Waals surface area contributed by atoms with E-state index in [0.29, 0.717) is 36.8 Å². The molecule has 0 aromatic heterocycles. The lowest BCUT2D eigenvalue weighted by molar-refractivity contribution is -0.151. The lowest BCUT2D eigenvalue weighted by Gasteiger charge is -2.36. The van der Waals surface area contributed by atoms with Crippen molar-refractivity contribution in [2.24, 2.45) is 0 Å². The Morgan fingerprint density at radius 1 is 1.04 bits per heavy atom. The van der Waals surface area contributed by atoms with Gasteiger partial charge in [-0.25, -0.2) is 4.39 Å². The van der Waals surface area contributed by atoms with E-state index in [0.717, 1.165) is 5.69 Å². The van der Waals surface area contributed by atoms with Crippen LogP contribution in [0.2, 0.25) is 5.02 Å². The molecule has 0 spiro atoms. The fourth-order valence-electron chi connectivity index (χ4n) is 2.94. The molecule has 0 bridgehead atoms. The minimum absolute atomic E-state index is 0.0100. The Morgan fingerprint density at radius 3 is 2.41 bits per heavy atom. The van der Waals surface area contributed by atoms with Crippen molar-refractivity contribution in [3.63, 3.8) is 0 Å². The molecule has 0 unspecified atom stereocenters. The maximum absolute atomic E-state index is 12.9. The second-order valence-corrected chi connectivity index (χ2v) is 6.75. The second kappa shape index (κ2) is 8.86. The van der Waals surface area contributed by atoms with Crippen LogP contribution in [-0.2, 0) is 20.7 Å². The van der Waals surface area contributed by atoms with E-state index in [2.05, 4.69) is 4.90 Å². The Hall–Kier alpha value is -2.60. The molecule has 1 amide bonds. The quantitative estimate of drug-likeness (QED) is 0.737. The second-order valence-electron chi connectivity index (χ2n) is 6.31. The third-order valence-corrected chi connectivity index (χ3v) is 4.66. The van der Waals surface area contributed by atoms with E-state index in [1.807, 2.05) is 24.3 Å². The van der Waals surface area contributed by atoms with Crippen LogP contribution in [0.25, 0.3) is 0 Å². The first-order valence-electron chi connectivity index (χ1n) is 8.69. The Kier molecular flexibility index (Phi) is 6.29. The van der Waals surface area contributed by atoms with E-state index in [-0.39, 0.29) is 24.8 Å². The van der Waals surface area contributed by atoms with Gasteiger partial charge in [-0.3, -0.25) is 9.59 Å². The van der Waals surface area contributed by atoms with Crippen LogP contribution in [0.15, 0.2) is 48.5 Å². The number of hydrogen-bond donors (Lipinski definition) is 0. The summed E-state index contributed by atoms with van der Waals surface area (Å²) < 4.78 is 17.9. The van der Waals surface area contributed by atoms with Crippen LogP contribution in [0.1, 0.15) is 5.56 Å². The van der Waals surface area contributed by atoms with Gasteiger partial charge >= 0.3 is 5.97 Å². The molecule has 5 nitrogen and oxygen atoms in total.